The Morgan fingerprint density at radius 3 is 1.10 bits per heavy atom. The molecule has 0 aliphatic heterocycles. The van der Waals surface area contributed by atoms with Crippen LogP contribution < -0.4 is 34.7 Å². The molecular weight excluding hydrogens is 399 g/mol. The fourth-order valence-corrected chi connectivity index (χ4v) is 3.73. The van der Waals surface area contributed by atoms with Gasteiger partial charge in [0.05, 0.1) is 12.7 Å². The van der Waals surface area contributed by atoms with Gasteiger partial charge in [0, 0.05) is 5.97 Å². The minimum absolute atomic E-state index is 0. The molecule has 0 aliphatic carbocycles. The Hall–Kier alpha value is 0.390. The van der Waals surface area contributed by atoms with Crippen molar-refractivity contribution in [3.63, 3.8) is 0 Å². The van der Waals surface area contributed by atoms with Crippen LogP contribution in [-0.4, -0.2) is 28.9 Å². The van der Waals surface area contributed by atoms with Gasteiger partial charge in [0.2, 0.25) is 0 Å². The third-order valence-electron chi connectivity index (χ3n) is 5.60. The van der Waals surface area contributed by atoms with Crippen molar-refractivity contribution in [1.29, 1.82) is 0 Å². The first kappa shape index (κ1) is 36.0. The summed E-state index contributed by atoms with van der Waals surface area (Å²) in [4.78, 5) is 8.89. The molecule has 0 heterocycles. The van der Waals surface area contributed by atoms with Crippen LogP contribution in [0.5, 0.6) is 0 Å². The number of hydrogen-bond acceptors (Lipinski definition) is 4. The first-order valence-electron chi connectivity index (χ1n) is 13.0. The van der Waals surface area contributed by atoms with E-state index in [9.17, 15) is 5.11 Å². The van der Waals surface area contributed by atoms with Crippen molar-refractivity contribution in [2.75, 3.05) is 6.61 Å². The van der Waals surface area contributed by atoms with Gasteiger partial charge in [0.15, 0.2) is 0 Å². The molecule has 0 rings (SSSR count). The van der Waals surface area contributed by atoms with Crippen molar-refractivity contribution in [3.05, 3.63) is 0 Å². The Morgan fingerprint density at radius 2 is 0.871 bits per heavy atom. The second kappa shape index (κ2) is 32.6. The number of carboxylic acid groups (broad SMARTS) is 1. The van der Waals surface area contributed by atoms with E-state index in [1.165, 1.54) is 122 Å². The Balaban J connectivity index is -0.00000143. The van der Waals surface area contributed by atoms with Crippen LogP contribution in [0.2, 0.25) is 0 Å². The van der Waals surface area contributed by atoms with Gasteiger partial charge >= 0.3 is 29.6 Å². The van der Waals surface area contributed by atoms with Crippen molar-refractivity contribution < 1.29 is 49.7 Å². The van der Waals surface area contributed by atoms with Gasteiger partial charge < -0.3 is 20.1 Å². The van der Waals surface area contributed by atoms with Gasteiger partial charge in [0.1, 0.15) is 0 Å². The first-order valence-corrected chi connectivity index (χ1v) is 13.0. The van der Waals surface area contributed by atoms with Gasteiger partial charge in [-0.25, -0.2) is 0 Å². The second-order valence-electron chi connectivity index (χ2n) is 8.83. The summed E-state index contributed by atoms with van der Waals surface area (Å²) in [5.41, 5.74) is 0. The third kappa shape index (κ3) is 41.2. The number of aliphatic hydroxyl groups excluding tert-OH is 2. The van der Waals surface area contributed by atoms with Crippen LogP contribution in [0.3, 0.4) is 0 Å². The smallest absolute Gasteiger partial charge is 0.550 e. The van der Waals surface area contributed by atoms with Gasteiger partial charge in [-0.1, -0.05) is 135 Å². The van der Waals surface area contributed by atoms with Crippen LogP contribution in [-0.2, 0) is 4.79 Å². The van der Waals surface area contributed by atoms with Crippen molar-refractivity contribution in [3.8, 4) is 0 Å². The molecular formula is C26H53NaO4. The molecule has 4 nitrogen and oxygen atoms in total. The number of carboxylic acids is 1. The maximum absolute atomic E-state index is 9.26. The summed E-state index contributed by atoms with van der Waals surface area (Å²) >= 11 is 0. The van der Waals surface area contributed by atoms with Gasteiger partial charge in [-0.15, -0.1) is 0 Å². The molecule has 0 radical (unpaired) electrons. The van der Waals surface area contributed by atoms with E-state index in [0.717, 1.165) is 19.8 Å². The van der Waals surface area contributed by atoms with Gasteiger partial charge in [-0.2, -0.15) is 0 Å². The number of unbranched alkanes of at least 4 members (excludes halogenated alkanes) is 19. The van der Waals surface area contributed by atoms with Crippen LogP contribution >= 0.6 is 0 Å². The minimum atomic E-state index is -1.08. The Labute approximate surface area is 216 Å². The van der Waals surface area contributed by atoms with Crippen molar-refractivity contribution in [2.45, 2.75) is 155 Å². The van der Waals surface area contributed by atoms with Gasteiger partial charge in [0.25, 0.3) is 0 Å². The molecule has 0 fully saturated rings. The van der Waals surface area contributed by atoms with Crippen molar-refractivity contribution in [1.82, 2.24) is 0 Å². The predicted molar refractivity (Wildman–Crippen MR) is 126 cm³/mol. The molecule has 0 aromatic heterocycles. The first-order chi connectivity index (χ1) is 14.5. The molecule has 1 atom stereocenters. The molecule has 0 saturated heterocycles. The summed E-state index contributed by atoms with van der Waals surface area (Å²) in [6, 6.07) is 0. The largest absolute Gasteiger partial charge is 1.00 e. The monoisotopic (exact) mass is 452 g/mol. The number of carbonyl (C=O) groups excluding carboxylic acids is 1. The van der Waals surface area contributed by atoms with E-state index in [1.807, 2.05) is 0 Å². The Morgan fingerprint density at radius 1 is 0.645 bits per heavy atom. The molecule has 2 N–H and O–H groups in total. The summed E-state index contributed by atoms with van der Waals surface area (Å²) in [6.07, 6.45) is 28.1. The van der Waals surface area contributed by atoms with Gasteiger partial charge in [-0.3, -0.25) is 0 Å². The van der Waals surface area contributed by atoms with Crippen LogP contribution in [0.1, 0.15) is 149 Å². The average Bonchev–Trinajstić information content (AvgIpc) is 2.71. The maximum Gasteiger partial charge on any atom is 1.00 e. The third-order valence-corrected chi connectivity index (χ3v) is 5.60. The molecule has 0 saturated carbocycles. The Bertz CT molecular complexity index is 323. The predicted octanol–water partition coefficient (Wildman–Crippen LogP) is 3.31. The fourth-order valence-electron chi connectivity index (χ4n) is 3.73. The van der Waals surface area contributed by atoms with Crippen molar-refractivity contribution >= 4 is 5.97 Å². The summed E-state index contributed by atoms with van der Waals surface area (Å²) in [7, 11) is 0. The molecule has 1 unspecified atom stereocenters. The molecule has 0 amide bonds. The second-order valence-corrected chi connectivity index (χ2v) is 8.83. The van der Waals surface area contributed by atoms with E-state index in [0.29, 0.717) is 0 Å². The number of hydrogen-bond donors (Lipinski definition) is 2. The molecule has 0 aliphatic rings. The van der Waals surface area contributed by atoms with Crippen LogP contribution in [0, 0.1) is 0 Å². The van der Waals surface area contributed by atoms with Crippen LogP contribution in [0.15, 0.2) is 0 Å². The standard InChI is InChI=1S/C24H50O2.C2H4O2.Na/c1-2-3-4-5-6-7-8-9-10-11-12-13-14-15-16-17-18-19-20-21-22-24(26)23-25;1-2(3)4;/h24-26H,2-23H2,1H3;1H3,(H,3,4);/q;;+1/p-1. The van der Waals surface area contributed by atoms with Gasteiger partial charge in [-0.05, 0) is 13.3 Å². The topological polar surface area (TPSA) is 80.6 Å². The van der Waals surface area contributed by atoms with E-state index in [2.05, 4.69) is 6.92 Å². The molecule has 0 spiro atoms. The van der Waals surface area contributed by atoms with E-state index >= 15 is 0 Å². The summed E-state index contributed by atoms with van der Waals surface area (Å²) < 4.78 is 0. The molecule has 0 bridgehead atoms. The SMILES string of the molecule is CC(=O)[O-].CCCCCCCCCCCCCCCCCCCCCCC(O)CO.[Na+]. The molecule has 31 heavy (non-hydrogen) atoms. The minimum Gasteiger partial charge on any atom is -0.550 e. The summed E-state index contributed by atoms with van der Waals surface area (Å²) in [5.74, 6) is -1.08. The molecule has 0 aromatic rings. The number of carbonyl (C=O) groups is 1. The van der Waals surface area contributed by atoms with Crippen molar-refractivity contribution in [2.24, 2.45) is 0 Å². The van der Waals surface area contributed by atoms with E-state index in [4.69, 9.17) is 15.0 Å². The molecule has 5 heteroatoms. The zero-order chi connectivity index (χ0) is 22.7. The fraction of sp³-hybridized carbons (Fsp3) is 0.962. The summed E-state index contributed by atoms with van der Waals surface area (Å²) in [6.45, 7) is 3.18. The Kier molecular flexibility index (Phi) is 37.8. The quantitative estimate of drug-likeness (QED) is 0.195. The molecule has 0 aromatic carbocycles. The number of aliphatic carboxylic acids is 1. The van der Waals surface area contributed by atoms with E-state index < -0.39 is 12.1 Å². The van der Waals surface area contributed by atoms with E-state index in [1.54, 1.807) is 0 Å². The molecule has 182 valence electrons. The number of aliphatic hydroxyl groups is 2. The normalized spacial score (nSPS) is 11.4. The van der Waals surface area contributed by atoms with Crippen LogP contribution in [0.25, 0.3) is 0 Å². The van der Waals surface area contributed by atoms with Crippen LogP contribution in [0.4, 0.5) is 0 Å². The van der Waals surface area contributed by atoms with E-state index in [-0.39, 0.29) is 36.2 Å². The zero-order valence-electron chi connectivity index (χ0n) is 21.3. The number of rotatable bonds is 22. The average molecular weight is 453 g/mol. The summed E-state index contributed by atoms with van der Waals surface area (Å²) in [5, 5.41) is 26.9. The zero-order valence-corrected chi connectivity index (χ0v) is 23.3. The maximum atomic E-state index is 9.26.